The van der Waals surface area contributed by atoms with Crippen LogP contribution in [-0.2, 0) is 6.42 Å². The number of aryl methyl sites for hydroxylation is 1. The Morgan fingerprint density at radius 3 is 2.44 bits per heavy atom. The summed E-state index contributed by atoms with van der Waals surface area (Å²) in [5, 5.41) is 9.72. The zero-order valence-corrected chi connectivity index (χ0v) is 10.2. The SMILES string of the molecule is CCc1[nH]c2c(F)cc(F)c(F)c2c1C(O)CC. The minimum absolute atomic E-state index is 0.0896. The van der Waals surface area contributed by atoms with Crippen LogP contribution in [0, 0.1) is 17.5 Å². The van der Waals surface area contributed by atoms with E-state index in [-0.39, 0.29) is 16.5 Å². The molecule has 0 aliphatic heterocycles. The maximum absolute atomic E-state index is 13.8. The normalized spacial score (nSPS) is 13.2. The van der Waals surface area contributed by atoms with Crippen LogP contribution in [0.2, 0.25) is 0 Å². The van der Waals surface area contributed by atoms with Crippen molar-refractivity contribution in [2.24, 2.45) is 0 Å². The second-order valence-electron chi connectivity index (χ2n) is 4.20. The highest BCUT2D eigenvalue weighted by molar-refractivity contribution is 5.86. The number of fused-ring (bicyclic) bond motifs is 1. The molecule has 5 heteroatoms. The molecule has 0 aliphatic carbocycles. The molecule has 2 nitrogen and oxygen atoms in total. The average Bonchev–Trinajstić information content (AvgIpc) is 2.75. The fourth-order valence-electron chi connectivity index (χ4n) is 2.19. The van der Waals surface area contributed by atoms with Crippen LogP contribution in [0.4, 0.5) is 13.2 Å². The molecule has 1 unspecified atom stereocenters. The second-order valence-corrected chi connectivity index (χ2v) is 4.20. The zero-order chi connectivity index (χ0) is 13.4. The number of aromatic amines is 1. The second kappa shape index (κ2) is 4.65. The maximum atomic E-state index is 13.8. The summed E-state index contributed by atoms with van der Waals surface area (Å²) in [6, 6.07) is 0.510. The van der Waals surface area contributed by atoms with Gasteiger partial charge in [-0.1, -0.05) is 13.8 Å². The number of hydrogen-bond acceptors (Lipinski definition) is 1. The molecule has 2 rings (SSSR count). The number of H-pyrrole nitrogens is 1. The van der Waals surface area contributed by atoms with Crippen molar-refractivity contribution < 1.29 is 18.3 Å². The summed E-state index contributed by atoms with van der Waals surface area (Å²) >= 11 is 0. The Labute approximate surface area is 102 Å². The van der Waals surface area contributed by atoms with Gasteiger partial charge in [-0.25, -0.2) is 13.2 Å². The van der Waals surface area contributed by atoms with Crippen LogP contribution in [0.25, 0.3) is 10.9 Å². The molecule has 0 radical (unpaired) electrons. The molecule has 98 valence electrons. The molecule has 0 aliphatic rings. The smallest absolute Gasteiger partial charge is 0.168 e. The summed E-state index contributed by atoms with van der Waals surface area (Å²) in [5.74, 6) is -3.22. The fourth-order valence-corrected chi connectivity index (χ4v) is 2.19. The maximum Gasteiger partial charge on any atom is 0.168 e. The topological polar surface area (TPSA) is 36.0 Å². The Balaban J connectivity index is 2.89. The first kappa shape index (κ1) is 13.0. The molecule has 0 fully saturated rings. The summed E-state index contributed by atoms with van der Waals surface area (Å²) < 4.78 is 40.7. The summed E-state index contributed by atoms with van der Waals surface area (Å²) in [6.07, 6.45) is -0.122. The molecular formula is C13H14F3NO. The van der Waals surface area contributed by atoms with Gasteiger partial charge in [0.05, 0.1) is 11.6 Å². The molecule has 1 aromatic heterocycles. The molecular weight excluding hydrogens is 243 g/mol. The van der Waals surface area contributed by atoms with Crippen LogP contribution in [0.1, 0.15) is 37.6 Å². The number of benzene rings is 1. The van der Waals surface area contributed by atoms with Gasteiger partial charge >= 0.3 is 0 Å². The first-order valence-electron chi connectivity index (χ1n) is 5.87. The van der Waals surface area contributed by atoms with E-state index in [4.69, 9.17) is 0 Å². The van der Waals surface area contributed by atoms with Gasteiger partial charge in [0.25, 0.3) is 0 Å². The third-order valence-electron chi connectivity index (χ3n) is 3.12. The lowest BCUT2D eigenvalue weighted by atomic mass is 10.0. The van der Waals surface area contributed by atoms with E-state index in [0.29, 0.717) is 24.6 Å². The van der Waals surface area contributed by atoms with E-state index in [1.807, 2.05) is 0 Å². The van der Waals surface area contributed by atoms with Gasteiger partial charge in [-0.15, -0.1) is 0 Å². The summed E-state index contributed by atoms with van der Waals surface area (Å²) in [6.45, 7) is 3.51. The highest BCUT2D eigenvalue weighted by atomic mass is 19.2. The molecule has 1 atom stereocenters. The quantitative estimate of drug-likeness (QED) is 0.810. The van der Waals surface area contributed by atoms with Gasteiger partial charge in [0, 0.05) is 22.7 Å². The highest BCUT2D eigenvalue weighted by Crippen LogP contribution is 2.34. The minimum atomic E-state index is -1.24. The monoisotopic (exact) mass is 257 g/mol. The van der Waals surface area contributed by atoms with Crippen molar-refractivity contribution in [2.75, 3.05) is 0 Å². The number of aromatic nitrogens is 1. The van der Waals surface area contributed by atoms with E-state index in [9.17, 15) is 18.3 Å². The first-order chi connectivity index (χ1) is 8.51. The third kappa shape index (κ3) is 1.79. The van der Waals surface area contributed by atoms with Crippen LogP contribution < -0.4 is 0 Å². The van der Waals surface area contributed by atoms with Crippen molar-refractivity contribution in [3.05, 3.63) is 34.8 Å². The average molecular weight is 257 g/mol. The van der Waals surface area contributed by atoms with Gasteiger partial charge in [-0.05, 0) is 12.8 Å². The molecule has 1 heterocycles. The van der Waals surface area contributed by atoms with Crippen molar-refractivity contribution in [3.63, 3.8) is 0 Å². The van der Waals surface area contributed by atoms with Crippen molar-refractivity contribution in [2.45, 2.75) is 32.8 Å². The minimum Gasteiger partial charge on any atom is -0.388 e. The highest BCUT2D eigenvalue weighted by Gasteiger charge is 2.23. The standard InChI is InChI=1S/C13H14F3NO/c1-3-8-10(9(18)4-2)11-12(16)6(14)5-7(15)13(11)17-8/h5,9,17-18H,3-4H2,1-2H3. The summed E-state index contributed by atoms with van der Waals surface area (Å²) in [5.41, 5.74) is 0.696. The molecule has 0 saturated heterocycles. The number of aliphatic hydroxyl groups is 1. The molecule has 0 bridgehead atoms. The van der Waals surface area contributed by atoms with E-state index >= 15 is 0 Å². The number of aliphatic hydroxyl groups excluding tert-OH is 1. The molecule has 0 spiro atoms. The lowest BCUT2D eigenvalue weighted by molar-refractivity contribution is 0.174. The van der Waals surface area contributed by atoms with Gasteiger partial charge in [-0.2, -0.15) is 0 Å². The zero-order valence-electron chi connectivity index (χ0n) is 10.2. The molecule has 2 aromatic rings. The van der Waals surface area contributed by atoms with E-state index in [2.05, 4.69) is 4.98 Å². The van der Waals surface area contributed by atoms with Gasteiger partial charge in [0.15, 0.2) is 11.6 Å². The lowest BCUT2D eigenvalue weighted by Gasteiger charge is -2.09. The molecule has 0 saturated carbocycles. The Bertz CT molecular complexity index is 592. The predicted octanol–water partition coefficient (Wildman–Crippen LogP) is 3.59. The Morgan fingerprint density at radius 2 is 1.89 bits per heavy atom. The summed E-state index contributed by atoms with van der Waals surface area (Å²) in [7, 11) is 0. The number of hydrogen-bond donors (Lipinski definition) is 2. The van der Waals surface area contributed by atoms with Gasteiger partial charge in [0.2, 0.25) is 0 Å². The predicted molar refractivity (Wildman–Crippen MR) is 62.8 cm³/mol. The lowest BCUT2D eigenvalue weighted by Crippen LogP contribution is -2.00. The molecule has 1 aromatic carbocycles. The Kier molecular flexibility index (Phi) is 3.34. The van der Waals surface area contributed by atoms with Gasteiger partial charge in [0.1, 0.15) is 5.82 Å². The van der Waals surface area contributed by atoms with Crippen molar-refractivity contribution in [1.82, 2.24) is 4.98 Å². The van der Waals surface area contributed by atoms with E-state index in [1.165, 1.54) is 0 Å². The Hall–Kier alpha value is -1.49. The number of nitrogens with one attached hydrogen (secondary N) is 1. The fraction of sp³-hybridized carbons (Fsp3) is 0.385. The van der Waals surface area contributed by atoms with Gasteiger partial charge < -0.3 is 10.1 Å². The first-order valence-corrected chi connectivity index (χ1v) is 5.87. The van der Waals surface area contributed by atoms with Crippen LogP contribution in [0.5, 0.6) is 0 Å². The number of halogens is 3. The van der Waals surface area contributed by atoms with Crippen molar-refractivity contribution in [1.29, 1.82) is 0 Å². The van der Waals surface area contributed by atoms with E-state index in [0.717, 1.165) is 0 Å². The Morgan fingerprint density at radius 1 is 1.22 bits per heavy atom. The van der Waals surface area contributed by atoms with Crippen LogP contribution in [0.15, 0.2) is 6.07 Å². The summed E-state index contributed by atoms with van der Waals surface area (Å²) in [4.78, 5) is 2.72. The van der Waals surface area contributed by atoms with Crippen LogP contribution >= 0.6 is 0 Å². The molecule has 0 amide bonds. The van der Waals surface area contributed by atoms with Crippen LogP contribution in [-0.4, -0.2) is 10.1 Å². The van der Waals surface area contributed by atoms with Gasteiger partial charge in [-0.3, -0.25) is 0 Å². The number of rotatable bonds is 3. The third-order valence-corrected chi connectivity index (χ3v) is 3.12. The van der Waals surface area contributed by atoms with Crippen LogP contribution in [0.3, 0.4) is 0 Å². The largest absolute Gasteiger partial charge is 0.388 e. The van der Waals surface area contributed by atoms with Crippen molar-refractivity contribution >= 4 is 10.9 Å². The van der Waals surface area contributed by atoms with Crippen molar-refractivity contribution in [3.8, 4) is 0 Å². The molecule has 18 heavy (non-hydrogen) atoms. The molecule has 2 N–H and O–H groups in total. The van der Waals surface area contributed by atoms with E-state index in [1.54, 1.807) is 13.8 Å². The van der Waals surface area contributed by atoms with E-state index < -0.39 is 23.6 Å².